The summed E-state index contributed by atoms with van der Waals surface area (Å²) in [4.78, 5) is 3.85. The third-order valence-electron chi connectivity index (χ3n) is 1.68. The molecule has 1 rings (SSSR count). The van der Waals surface area contributed by atoms with Crippen LogP contribution in [0.4, 0.5) is 18.9 Å². The number of nitrogens with zero attached hydrogens (tertiary/aromatic N) is 1. The van der Waals surface area contributed by atoms with Gasteiger partial charge in [-0.15, -0.1) is 0 Å². The molecule has 0 saturated heterocycles. The summed E-state index contributed by atoms with van der Waals surface area (Å²) in [5.74, 6) is -1.90. The van der Waals surface area contributed by atoms with E-state index in [1.165, 1.54) is 6.92 Å². The van der Waals surface area contributed by atoms with Gasteiger partial charge in [0.25, 0.3) is 0 Å². The van der Waals surface area contributed by atoms with Crippen molar-refractivity contribution in [3.8, 4) is 0 Å². The van der Waals surface area contributed by atoms with Crippen molar-refractivity contribution in [1.29, 1.82) is 0 Å². The normalized spacial score (nSPS) is 13.2. The van der Waals surface area contributed by atoms with Crippen LogP contribution < -0.4 is 24.0 Å². The van der Waals surface area contributed by atoms with Gasteiger partial charge in [-0.1, -0.05) is 18.2 Å². The fraction of sp³-hybridized carbons (Fsp3) is 0.182. The van der Waals surface area contributed by atoms with Gasteiger partial charge in [0.05, 0.1) is 5.69 Å². The first kappa shape index (κ1) is 15.8. The first-order valence-corrected chi connectivity index (χ1v) is 4.46. The van der Waals surface area contributed by atoms with E-state index < -0.39 is 11.9 Å². The van der Waals surface area contributed by atoms with E-state index in [0.29, 0.717) is 11.8 Å². The van der Waals surface area contributed by atoms with E-state index in [2.05, 4.69) is 4.99 Å². The molecule has 6 heteroatoms. The maximum absolute atomic E-state index is 11.9. The van der Waals surface area contributed by atoms with Crippen molar-refractivity contribution >= 4 is 11.4 Å². The molecule has 0 saturated carbocycles. The molecule has 17 heavy (non-hydrogen) atoms. The minimum absolute atomic E-state index is 0. The smallest absolute Gasteiger partial charge is 0.869 e. The van der Waals surface area contributed by atoms with Crippen LogP contribution in [-0.4, -0.2) is 11.9 Å². The quantitative estimate of drug-likeness (QED) is 0.390. The van der Waals surface area contributed by atoms with Gasteiger partial charge >= 0.3 is 25.0 Å². The maximum Gasteiger partial charge on any atom is 1.00 e. The van der Waals surface area contributed by atoms with Crippen LogP contribution in [-0.2, 0) is 0 Å². The molecule has 0 radical (unpaired) electrons. The summed E-state index contributed by atoms with van der Waals surface area (Å²) >= 11 is 0. The van der Waals surface area contributed by atoms with Gasteiger partial charge in [0.2, 0.25) is 0 Å². The molecule has 0 amide bonds. The summed E-state index contributed by atoms with van der Waals surface area (Å²) < 4.78 is 35.7. The molecule has 0 unspecified atom stereocenters. The minimum Gasteiger partial charge on any atom is -0.869 e. The van der Waals surface area contributed by atoms with Crippen LogP contribution in [0.3, 0.4) is 0 Å². The van der Waals surface area contributed by atoms with Gasteiger partial charge in [-0.2, -0.15) is 13.2 Å². The standard InChI is InChI=1S/C11H10F3NO.Li/c1-8(7-10(16)11(12,13)14)15-9-5-3-2-4-6-9;/h2-7,16H,1H3;/q;+1/p-1/b10-7-,15-8?;. The molecule has 0 aliphatic rings. The fourth-order valence-electron chi connectivity index (χ4n) is 1.01. The molecule has 0 N–H and O–H groups in total. The van der Waals surface area contributed by atoms with Gasteiger partial charge < -0.3 is 5.11 Å². The molecule has 0 aromatic heterocycles. The predicted octanol–water partition coefficient (Wildman–Crippen LogP) is -0.411. The van der Waals surface area contributed by atoms with Crippen LogP contribution in [0, 0.1) is 0 Å². The molecule has 0 bridgehead atoms. The molecule has 0 fully saturated rings. The Hall–Kier alpha value is -1.18. The number of halogens is 3. The Morgan fingerprint density at radius 2 is 1.76 bits per heavy atom. The van der Waals surface area contributed by atoms with Crippen molar-refractivity contribution < 1.29 is 37.1 Å². The van der Waals surface area contributed by atoms with Crippen molar-refractivity contribution in [2.45, 2.75) is 13.1 Å². The van der Waals surface area contributed by atoms with E-state index in [1.807, 2.05) is 0 Å². The molecule has 0 aliphatic carbocycles. The van der Waals surface area contributed by atoms with Crippen molar-refractivity contribution in [3.63, 3.8) is 0 Å². The third-order valence-corrected chi connectivity index (χ3v) is 1.68. The zero-order chi connectivity index (χ0) is 12.2. The molecular formula is C11H9F3LiNO. The fourth-order valence-corrected chi connectivity index (χ4v) is 1.01. The second kappa shape index (κ2) is 6.53. The van der Waals surface area contributed by atoms with E-state index in [4.69, 9.17) is 0 Å². The summed E-state index contributed by atoms with van der Waals surface area (Å²) in [6, 6.07) is 8.44. The van der Waals surface area contributed by atoms with Crippen LogP contribution in [0.25, 0.3) is 0 Å². The first-order valence-electron chi connectivity index (χ1n) is 4.46. The summed E-state index contributed by atoms with van der Waals surface area (Å²) in [6.45, 7) is 1.34. The number of hydrogen-bond donors (Lipinski definition) is 0. The Kier molecular flexibility index (Phi) is 6.07. The van der Waals surface area contributed by atoms with Crippen LogP contribution in [0.5, 0.6) is 0 Å². The number of rotatable bonds is 2. The number of aliphatic imine (C=N–C) groups is 1. The summed E-state index contributed by atoms with van der Waals surface area (Å²) in [5, 5.41) is 10.6. The second-order valence-electron chi connectivity index (χ2n) is 3.10. The van der Waals surface area contributed by atoms with Crippen molar-refractivity contribution in [1.82, 2.24) is 0 Å². The maximum atomic E-state index is 11.9. The molecule has 1 aromatic rings. The van der Waals surface area contributed by atoms with Gasteiger partial charge in [-0.05, 0) is 30.9 Å². The molecule has 86 valence electrons. The van der Waals surface area contributed by atoms with Crippen LogP contribution >= 0.6 is 0 Å². The predicted molar refractivity (Wildman–Crippen MR) is 53.3 cm³/mol. The number of allylic oxidation sites excluding steroid dienone is 2. The van der Waals surface area contributed by atoms with E-state index in [1.54, 1.807) is 30.3 Å². The molecule has 0 spiro atoms. The van der Waals surface area contributed by atoms with Gasteiger partial charge in [0.15, 0.2) is 0 Å². The average molecular weight is 235 g/mol. The molecular weight excluding hydrogens is 226 g/mol. The van der Waals surface area contributed by atoms with Crippen LogP contribution in [0.15, 0.2) is 47.2 Å². The van der Waals surface area contributed by atoms with Gasteiger partial charge in [0.1, 0.15) is 0 Å². The topological polar surface area (TPSA) is 35.4 Å². The van der Waals surface area contributed by atoms with Gasteiger partial charge in [0, 0.05) is 5.71 Å². The summed E-state index contributed by atoms with van der Waals surface area (Å²) in [6.07, 6.45) is -4.36. The van der Waals surface area contributed by atoms with E-state index in [9.17, 15) is 18.3 Å². The zero-order valence-corrected chi connectivity index (χ0v) is 9.45. The van der Waals surface area contributed by atoms with Crippen LogP contribution in [0.2, 0.25) is 0 Å². The molecule has 0 aliphatic heterocycles. The number of alkyl halides is 3. The van der Waals surface area contributed by atoms with Crippen molar-refractivity contribution in [2.24, 2.45) is 4.99 Å². The largest absolute Gasteiger partial charge is 1.00 e. The Balaban J connectivity index is 0.00000256. The van der Waals surface area contributed by atoms with Crippen molar-refractivity contribution in [2.75, 3.05) is 0 Å². The number of benzene rings is 1. The molecule has 0 heterocycles. The second-order valence-corrected chi connectivity index (χ2v) is 3.10. The number of para-hydroxylation sites is 1. The summed E-state index contributed by atoms with van der Waals surface area (Å²) in [7, 11) is 0. The number of hydrogen-bond acceptors (Lipinski definition) is 2. The molecule has 0 atom stereocenters. The molecule has 2 nitrogen and oxygen atoms in total. The molecule has 1 aromatic carbocycles. The van der Waals surface area contributed by atoms with E-state index >= 15 is 0 Å². The Morgan fingerprint density at radius 1 is 1.24 bits per heavy atom. The van der Waals surface area contributed by atoms with E-state index in [-0.39, 0.29) is 24.6 Å². The Morgan fingerprint density at radius 3 is 2.24 bits per heavy atom. The Labute approximate surface area is 109 Å². The minimum atomic E-state index is -4.84. The zero-order valence-electron chi connectivity index (χ0n) is 9.45. The SMILES string of the molecule is CC(/C=C(\[O-])C(F)(F)F)=Nc1ccccc1.[Li+]. The summed E-state index contributed by atoms with van der Waals surface area (Å²) in [5.41, 5.74) is 0.528. The van der Waals surface area contributed by atoms with Gasteiger partial charge in [-0.25, -0.2) is 0 Å². The van der Waals surface area contributed by atoms with Crippen LogP contribution in [0.1, 0.15) is 6.92 Å². The monoisotopic (exact) mass is 235 g/mol. The van der Waals surface area contributed by atoms with Crippen molar-refractivity contribution in [3.05, 3.63) is 42.2 Å². The van der Waals surface area contributed by atoms with Gasteiger partial charge in [-0.3, -0.25) is 4.99 Å². The third kappa shape index (κ3) is 5.62. The average Bonchev–Trinajstić information content (AvgIpc) is 2.17. The van der Waals surface area contributed by atoms with E-state index in [0.717, 1.165) is 0 Å². The first-order chi connectivity index (χ1) is 7.39. The Bertz CT molecular complexity index is 412.